The van der Waals surface area contributed by atoms with Gasteiger partial charge in [-0.15, -0.1) is 0 Å². The van der Waals surface area contributed by atoms with Gasteiger partial charge in [0.2, 0.25) is 5.91 Å². The van der Waals surface area contributed by atoms with Crippen LogP contribution in [0.2, 0.25) is 5.02 Å². The quantitative estimate of drug-likeness (QED) is 0.192. The number of thioether (sulfide) groups is 1. The van der Waals surface area contributed by atoms with Gasteiger partial charge in [-0.2, -0.15) is 0 Å². The van der Waals surface area contributed by atoms with Gasteiger partial charge in [0, 0.05) is 82.2 Å². The lowest BCUT2D eigenvalue weighted by atomic mass is 10.1. The minimum Gasteiger partial charge on any atom is -0.367 e. The molecule has 0 atom stereocenters. The lowest BCUT2D eigenvalue weighted by Gasteiger charge is -2.37. The van der Waals surface area contributed by atoms with E-state index in [1.807, 2.05) is 65.6 Å². The normalized spacial score (nSPS) is 15.4. The van der Waals surface area contributed by atoms with Crippen molar-refractivity contribution in [3.8, 4) is 11.3 Å². The average Bonchev–Trinajstić information content (AvgIpc) is 3.08. The molecule has 0 saturated carbocycles. The molecule has 2 fully saturated rings. The molecular weight excluding hydrogens is 592 g/mol. The Morgan fingerprint density at radius 3 is 2.07 bits per heavy atom. The van der Waals surface area contributed by atoms with Crippen molar-refractivity contribution in [2.75, 3.05) is 62.2 Å². The number of nitrogens with zero attached hydrogens (tertiary/aromatic N) is 6. The number of benzene rings is 3. The number of carbonyl (C=O) groups is 2. The van der Waals surface area contributed by atoms with Gasteiger partial charge in [-0.1, -0.05) is 78.0 Å². The molecule has 6 rings (SSSR count). The highest BCUT2D eigenvalue weighted by Crippen LogP contribution is 2.30. The Labute approximate surface area is 267 Å². The standard InChI is InChI=1S/C34H35ClN6O2S/c1-25(42)38-15-21-41(22-16-38)33(43)28-13-11-26(12-14-28)24-44-34-36-30(27-7-3-2-4-8-27)23-32(37-34)40-19-17-39(18-20-40)31-10-6-5-9-29(31)35/h2-14,23H,15-22,24H2,1H3. The van der Waals surface area contributed by atoms with Gasteiger partial charge in [0.25, 0.3) is 5.91 Å². The second-order valence-electron chi connectivity index (χ2n) is 11.0. The van der Waals surface area contributed by atoms with Crippen molar-refractivity contribution in [2.45, 2.75) is 17.8 Å². The first-order valence-electron chi connectivity index (χ1n) is 14.9. The number of anilines is 2. The minimum atomic E-state index is 0.00516. The van der Waals surface area contributed by atoms with Crippen molar-refractivity contribution in [1.29, 1.82) is 0 Å². The third-order valence-electron chi connectivity index (χ3n) is 8.14. The van der Waals surface area contributed by atoms with Crippen LogP contribution in [0.1, 0.15) is 22.8 Å². The Bertz CT molecular complexity index is 1600. The molecule has 226 valence electrons. The van der Waals surface area contributed by atoms with E-state index in [4.69, 9.17) is 21.6 Å². The Morgan fingerprint density at radius 2 is 1.39 bits per heavy atom. The highest BCUT2D eigenvalue weighted by Gasteiger charge is 2.24. The maximum Gasteiger partial charge on any atom is 0.253 e. The Kier molecular flexibility index (Phi) is 9.33. The van der Waals surface area contributed by atoms with Crippen molar-refractivity contribution < 1.29 is 9.59 Å². The topological polar surface area (TPSA) is 72.9 Å². The fraction of sp³-hybridized carbons (Fsp3) is 0.294. The zero-order chi connectivity index (χ0) is 30.5. The summed E-state index contributed by atoms with van der Waals surface area (Å²) in [6.07, 6.45) is 0. The number of carbonyl (C=O) groups excluding carboxylic acids is 2. The summed E-state index contributed by atoms with van der Waals surface area (Å²) < 4.78 is 0. The zero-order valence-electron chi connectivity index (χ0n) is 24.7. The predicted molar refractivity (Wildman–Crippen MR) is 178 cm³/mol. The summed E-state index contributed by atoms with van der Waals surface area (Å²) in [5.74, 6) is 1.67. The van der Waals surface area contributed by atoms with Gasteiger partial charge in [-0.3, -0.25) is 9.59 Å². The number of aromatic nitrogens is 2. The number of rotatable bonds is 7. The summed E-state index contributed by atoms with van der Waals surface area (Å²) in [7, 11) is 0. The minimum absolute atomic E-state index is 0.00516. The SMILES string of the molecule is CC(=O)N1CCN(C(=O)c2ccc(CSc3nc(-c4ccccc4)cc(N4CCN(c5ccccc5Cl)CC4)n3)cc2)CC1. The first kappa shape index (κ1) is 30.0. The van der Waals surface area contributed by atoms with Gasteiger partial charge >= 0.3 is 0 Å². The lowest BCUT2D eigenvalue weighted by molar-refractivity contribution is -0.130. The molecule has 3 heterocycles. The molecule has 0 spiro atoms. The monoisotopic (exact) mass is 626 g/mol. The van der Waals surface area contributed by atoms with Gasteiger partial charge in [-0.25, -0.2) is 9.97 Å². The van der Waals surface area contributed by atoms with E-state index in [0.717, 1.165) is 64.7 Å². The Hall–Kier alpha value is -4.08. The fourth-order valence-corrected chi connectivity index (χ4v) is 6.64. The van der Waals surface area contributed by atoms with Crippen LogP contribution in [-0.2, 0) is 10.5 Å². The molecule has 3 aromatic carbocycles. The van der Waals surface area contributed by atoms with E-state index in [2.05, 4.69) is 34.1 Å². The molecule has 0 unspecified atom stereocenters. The van der Waals surface area contributed by atoms with Gasteiger partial charge in [-0.05, 0) is 29.8 Å². The summed E-state index contributed by atoms with van der Waals surface area (Å²) in [6.45, 7) is 7.23. The molecule has 2 amide bonds. The Balaban J connectivity index is 1.13. The molecular formula is C34H35ClN6O2S. The number of para-hydroxylation sites is 1. The third kappa shape index (κ3) is 7.00. The highest BCUT2D eigenvalue weighted by molar-refractivity contribution is 7.98. The summed E-state index contributed by atoms with van der Waals surface area (Å²) >= 11 is 8.07. The number of halogens is 1. The molecule has 0 aliphatic carbocycles. The van der Waals surface area contributed by atoms with Crippen LogP contribution in [0, 0.1) is 0 Å². The number of amides is 2. The molecule has 10 heteroatoms. The van der Waals surface area contributed by atoms with Gasteiger partial charge in [0.15, 0.2) is 5.16 Å². The molecule has 0 radical (unpaired) electrons. The van der Waals surface area contributed by atoms with E-state index in [1.54, 1.807) is 23.6 Å². The molecule has 2 saturated heterocycles. The van der Waals surface area contributed by atoms with Gasteiger partial charge < -0.3 is 19.6 Å². The predicted octanol–water partition coefficient (Wildman–Crippen LogP) is 5.72. The Morgan fingerprint density at radius 1 is 0.750 bits per heavy atom. The van der Waals surface area contributed by atoms with Crippen molar-refractivity contribution in [3.63, 3.8) is 0 Å². The average molecular weight is 627 g/mol. The first-order valence-corrected chi connectivity index (χ1v) is 16.3. The zero-order valence-corrected chi connectivity index (χ0v) is 26.3. The number of piperazine rings is 2. The second-order valence-corrected chi connectivity index (χ2v) is 12.3. The molecule has 1 aromatic heterocycles. The first-order chi connectivity index (χ1) is 21.4. The van der Waals surface area contributed by atoms with E-state index in [-0.39, 0.29) is 11.8 Å². The summed E-state index contributed by atoms with van der Waals surface area (Å²) in [5.41, 5.74) is 4.78. The van der Waals surface area contributed by atoms with E-state index in [1.165, 1.54) is 0 Å². The maximum absolute atomic E-state index is 13.0. The largest absolute Gasteiger partial charge is 0.367 e. The lowest BCUT2D eigenvalue weighted by Crippen LogP contribution is -2.50. The van der Waals surface area contributed by atoms with Gasteiger partial charge in [0.05, 0.1) is 16.4 Å². The maximum atomic E-state index is 13.0. The molecule has 4 aromatic rings. The summed E-state index contributed by atoms with van der Waals surface area (Å²) in [6, 6.07) is 28.1. The van der Waals surface area contributed by atoms with Crippen LogP contribution in [0.25, 0.3) is 11.3 Å². The van der Waals surface area contributed by atoms with Crippen molar-refractivity contribution in [1.82, 2.24) is 19.8 Å². The summed E-state index contributed by atoms with van der Waals surface area (Å²) in [4.78, 5) is 42.8. The van der Waals surface area contributed by atoms with Crippen molar-refractivity contribution in [3.05, 3.63) is 101 Å². The van der Waals surface area contributed by atoms with E-state index in [0.29, 0.717) is 37.5 Å². The summed E-state index contributed by atoms with van der Waals surface area (Å²) in [5, 5.41) is 1.50. The molecule has 44 heavy (non-hydrogen) atoms. The van der Waals surface area contributed by atoms with Crippen LogP contribution in [0.5, 0.6) is 0 Å². The van der Waals surface area contributed by atoms with E-state index < -0.39 is 0 Å². The van der Waals surface area contributed by atoms with Crippen LogP contribution in [-0.4, -0.2) is 83.9 Å². The second kappa shape index (κ2) is 13.7. The van der Waals surface area contributed by atoms with Crippen LogP contribution < -0.4 is 9.80 Å². The molecule has 8 nitrogen and oxygen atoms in total. The number of hydrogen-bond acceptors (Lipinski definition) is 7. The van der Waals surface area contributed by atoms with Crippen molar-refractivity contribution >= 4 is 46.7 Å². The molecule has 2 aliphatic heterocycles. The third-order valence-corrected chi connectivity index (χ3v) is 9.38. The molecule has 0 bridgehead atoms. The number of hydrogen-bond donors (Lipinski definition) is 0. The fourth-order valence-electron chi connectivity index (χ4n) is 5.58. The highest BCUT2D eigenvalue weighted by atomic mass is 35.5. The van der Waals surface area contributed by atoms with Gasteiger partial charge in [0.1, 0.15) is 5.82 Å². The molecule has 2 aliphatic rings. The van der Waals surface area contributed by atoms with E-state index in [9.17, 15) is 9.59 Å². The van der Waals surface area contributed by atoms with Crippen LogP contribution >= 0.6 is 23.4 Å². The van der Waals surface area contributed by atoms with Crippen LogP contribution in [0.3, 0.4) is 0 Å². The van der Waals surface area contributed by atoms with Crippen molar-refractivity contribution in [2.24, 2.45) is 0 Å². The van der Waals surface area contributed by atoms with E-state index >= 15 is 0 Å². The van der Waals surface area contributed by atoms with Crippen LogP contribution in [0.15, 0.2) is 90.1 Å². The van der Waals surface area contributed by atoms with Crippen LogP contribution in [0.4, 0.5) is 11.5 Å². The smallest absolute Gasteiger partial charge is 0.253 e. The molecule has 0 N–H and O–H groups in total.